The van der Waals surface area contributed by atoms with Gasteiger partial charge in [-0.1, -0.05) is 57.2 Å². The first-order valence-electron chi connectivity index (χ1n) is 6.34. The average molecular weight is 214 g/mol. The minimum Gasteiger partial charge on any atom is -0.0995 e. The molecule has 0 heterocycles. The van der Waals surface area contributed by atoms with Crippen LogP contribution in [0.25, 0.3) is 0 Å². The third-order valence-corrected chi connectivity index (χ3v) is 3.80. The van der Waals surface area contributed by atoms with Crippen molar-refractivity contribution < 1.29 is 0 Å². The van der Waals surface area contributed by atoms with Gasteiger partial charge in [-0.15, -0.1) is 0 Å². The highest BCUT2D eigenvalue weighted by molar-refractivity contribution is 5.36. The Morgan fingerprint density at radius 3 is 2.62 bits per heavy atom. The van der Waals surface area contributed by atoms with E-state index >= 15 is 0 Å². The fraction of sp³-hybridized carbons (Fsp3) is 0.500. The lowest BCUT2D eigenvalue weighted by Crippen LogP contribution is -2.15. The van der Waals surface area contributed by atoms with Crippen LogP contribution in [0.5, 0.6) is 0 Å². The highest BCUT2D eigenvalue weighted by Gasteiger charge is 2.27. The molecule has 1 aliphatic carbocycles. The molecule has 0 spiro atoms. The minimum atomic E-state index is 0.690. The van der Waals surface area contributed by atoms with Crippen molar-refractivity contribution in [1.82, 2.24) is 0 Å². The molecule has 0 bridgehead atoms. The van der Waals surface area contributed by atoms with Gasteiger partial charge in [0.25, 0.3) is 0 Å². The first-order chi connectivity index (χ1) is 7.59. The van der Waals surface area contributed by atoms with Crippen LogP contribution in [0.1, 0.15) is 44.2 Å². The Morgan fingerprint density at radius 2 is 1.94 bits per heavy atom. The largest absolute Gasteiger partial charge is 0.0995 e. The number of fused-ring (bicyclic) bond motifs is 1. The summed E-state index contributed by atoms with van der Waals surface area (Å²) in [5.41, 5.74) is 4.45. The van der Waals surface area contributed by atoms with Gasteiger partial charge in [-0.2, -0.15) is 0 Å². The summed E-state index contributed by atoms with van der Waals surface area (Å²) in [5.74, 6) is 2.12. The van der Waals surface area contributed by atoms with Crippen LogP contribution < -0.4 is 0 Å². The van der Waals surface area contributed by atoms with Crippen LogP contribution in [0.3, 0.4) is 0 Å². The van der Waals surface area contributed by atoms with E-state index in [-0.39, 0.29) is 0 Å². The van der Waals surface area contributed by atoms with Gasteiger partial charge in [-0.05, 0) is 41.7 Å². The van der Waals surface area contributed by atoms with Crippen LogP contribution >= 0.6 is 0 Å². The van der Waals surface area contributed by atoms with Gasteiger partial charge in [0.05, 0.1) is 0 Å². The molecule has 1 aromatic rings. The Bertz CT molecular complexity index is 387. The predicted molar refractivity (Wildman–Crippen MR) is 70.6 cm³/mol. The van der Waals surface area contributed by atoms with E-state index < -0.39 is 0 Å². The molecule has 0 heteroatoms. The molecular formula is C16H22. The van der Waals surface area contributed by atoms with Gasteiger partial charge in [0, 0.05) is 0 Å². The van der Waals surface area contributed by atoms with Crippen molar-refractivity contribution in [3.05, 3.63) is 47.5 Å². The van der Waals surface area contributed by atoms with E-state index in [4.69, 9.17) is 0 Å². The fourth-order valence-corrected chi connectivity index (χ4v) is 3.27. The molecule has 0 aliphatic heterocycles. The maximum Gasteiger partial charge on any atom is -0.00669 e. The normalized spacial score (nSPS) is 25.4. The Kier molecular flexibility index (Phi) is 3.18. The van der Waals surface area contributed by atoms with Crippen LogP contribution in [0, 0.1) is 11.8 Å². The average Bonchev–Trinajstić information content (AvgIpc) is 2.31. The van der Waals surface area contributed by atoms with Crippen molar-refractivity contribution in [2.75, 3.05) is 0 Å². The van der Waals surface area contributed by atoms with E-state index in [1.807, 2.05) is 0 Å². The van der Waals surface area contributed by atoms with Crippen molar-refractivity contribution in [3.63, 3.8) is 0 Å². The fourth-order valence-electron chi connectivity index (χ4n) is 3.27. The smallest absolute Gasteiger partial charge is 0.00669 e. The van der Waals surface area contributed by atoms with Crippen LogP contribution in [0.15, 0.2) is 36.4 Å². The summed E-state index contributed by atoms with van der Waals surface area (Å²) >= 11 is 0. The molecule has 1 aliphatic rings. The molecule has 2 rings (SSSR count). The lowest BCUT2D eigenvalue weighted by Gasteiger charge is -2.27. The summed E-state index contributed by atoms with van der Waals surface area (Å²) in [4.78, 5) is 0. The topological polar surface area (TPSA) is 0 Å². The van der Waals surface area contributed by atoms with E-state index in [1.54, 1.807) is 5.56 Å². The van der Waals surface area contributed by atoms with Crippen LogP contribution in [-0.2, 0) is 6.42 Å². The number of hydrogen-bond donors (Lipinski definition) is 0. The van der Waals surface area contributed by atoms with Gasteiger partial charge in [0.1, 0.15) is 0 Å². The molecule has 0 N–H and O–H groups in total. The molecule has 16 heavy (non-hydrogen) atoms. The van der Waals surface area contributed by atoms with Crippen molar-refractivity contribution in [2.24, 2.45) is 11.8 Å². The first-order valence-corrected chi connectivity index (χ1v) is 6.34. The van der Waals surface area contributed by atoms with E-state index in [9.17, 15) is 0 Å². The Labute approximate surface area is 99.4 Å². The molecule has 0 aromatic heterocycles. The van der Waals surface area contributed by atoms with Gasteiger partial charge in [0.2, 0.25) is 0 Å². The molecule has 0 amide bonds. The van der Waals surface area contributed by atoms with Crippen molar-refractivity contribution in [3.8, 4) is 0 Å². The summed E-state index contributed by atoms with van der Waals surface area (Å²) < 4.78 is 0. The number of hydrogen-bond acceptors (Lipinski definition) is 0. The second-order valence-electron chi connectivity index (χ2n) is 5.58. The maximum absolute atomic E-state index is 4.22. The van der Waals surface area contributed by atoms with E-state index in [0.717, 1.165) is 12.3 Å². The zero-order chi connectivity index (χ0) is 11.7. The molecule has 0 fully saturated rings. The van der Waals surface area contributed by atoms with Gasteiger partial charge >= 0.3 is 0 Å². The summed E-state index contributed by atoms with van der Waals surface area (Å²) in [6.45, 7) is 11.3. The summed E-state index contributed by atoms with van der Waals surface area (Å²) in [6.07, 6.45) is 2.25. The summed E-state index contributed by atoms with van der Waals surface area (Å²) in [6, 6.07) is 8.91. The van der Waals surface area contributed by atoms with Gasteiger partial charge in [-0.25, -0.2) is 0 Å². The van der Waals surface area contributed by atoms with E-state index in [1.165, 1.54) is 17.6 Å². The molecular weight excluding hydrogens is 192 g/mol. The lowest BCUT2D eigenvalue weighted by molar-refractivity contribution is 0.366. The Balaban J connectivity index is 2.49. The monoisotopic (exact) mass is 214 g/mol. The van der Waals surface area contributed by atoms with E-state index in [0.29, 0.717) is 11.8 Å². The standard InChI is InChI=1S/C16H22/c1-11(2)16-13(4)9-12(3)10-14-7-5-6-8-15(14)16/h5-8,11,13,16H,3,9-10H2,1-2,4H3/t13-,16?/m1/s1. The molecule has 1 unspecified atom stereocenters. The maximum atomic E-state index is 4.22. The van der Waals surface area contributed by atoms with Crippen molar-refractivity contribution >= 4 is 0 Å². The Morgan fingerprint density at radius 1 is 1.25 bits per heavy atom. The predicted octanol–water partition coefficient (Wildman–Crippen LogP) is 4.56. The summed E-state index contributed by atoms with van der Waals surface area (Å²) in [7, 11) is 0. The second-order valence-corrected chi connectivity index (χ2v) is 5.58. The molecule has 1 aromatic carbocycles. The van der Waals surface area contributed by atoms with Crippen LogP contribution in [0.4, 0.5) is 0 Å². The molecule has 0 radical (unpaired) electrons. The SMILES string of the molecule is C=C1Cc2ccccc2C(C(C)C)[C@H](C)C1. The summed E-state index contributed by atoms with van der Waals surface area (Å²) in [5, 5.41) is 0. The third kappa shape index (κ3) is 2.07. The quantitative estimate of drug-likeness (QED) is 0.474. The first kappa shape index (κ1) is 11.4. The van der Waals surface area contributed by atoms with Gasteiger partial charge < -0.3 is 0 Å². The molecule has 2 atom stereocenters. The minimum absolute atomic E-state index is 0.690. The zero-order valence-corrected chi connectivity index (χ0v) is 10.7. The molecule has 0 nitrogen and oxygen atoms in total. The van der Waals surface area contributed by atoms with Gasteiger partial charge in [-0.3, -0.25) is 0 Å². The number of rotatable bonds is 1. The molecule has 86 valence electrons. The second kappa shape index (κ2) is 4.45. The van der Waals surface area contributed by atoms with Crippen LogP contribution in [-0.4, -0.2) is 0 Å². The van der Waals surface area contributed by atoms with Crippen LogP contribution in [0.2, 0.25) is 0 Å². The van der Waals surface area contributed by atoms with E-state index in [2.05, 4.69) is 51.6 Å². The number of benzene rings is 1. The highest BCUT2D eigenvalue weighted by atomic mass is 14.3. The highest BCUT2D eigenvalue weighted by Crippen LogP contribution is 2.40. The number of allylic oxidation sites excluding steroid dienone is 1. The molecule has 0 saturated carbocycles. The lowest BCUT2D eigenvalue weighted by atomic mass is 9.78. The zero-order valence-electron chi connectivity index (χ0n) is 10.7. The van der Waals surface area contributed by atoms with Crippen molar-refractivity contribution in [2.45, 2.75) is 39.5 Å². The molecule has 0 saturated heterocycles. The third-order valence-electron chi connectivity index (χ3n) is 3.80. The van der Waals surface area contributed by atoms with Gasteiger partial charge in [0.15, 0.2) is 0 Å². The Hall–Kier alpha value is -1.04. The van der Waals surface area contributed by atoms with Crippen molar-refractivity contribution in [1.29, 1.82) is 0 Å².